The topological polar surface area (TPSA) is 57.6 Å². The van der Waals surface area contributed by atoms with Crippen molar-refractivity contribution in [2.45, 2.75) is 58.5 Å². The third kappa shape index (κ3) is 6.58. The van der Waals surface area contributed by atoms with Crippen molar-refractivity contribution in [3.8, 4) is 0 Å². The van der Waals surface area contributed by atoms with Gasteiger partial charge in [-0.1, -0.05) is 39.2 Å². The lowest BCUT2D eigenvalue weighted by Gasteiger charge is -2.35. The number of carbonyl (C=O) groups excluding carboxylic acids is 2. The molecule has 1 aliphatic rings. The zero-order chi connectivity index (χ0) is 23.1. The van der Waals surface area contributed by atoms with E-state index in [2.05, 4.69) is 19.2 Å². The molecule has 1 heterocycles. The van der Waals surface area contributed by atoms with Crippen molar-refractivity contribution >= 4 is 17.6 Å². The number of hydrogen-bond donors (Lipinski definition) is 1. The Morgan fingerprint density at radius 1 is 1.16 bits per heavy atom. The van der Waals surface area contributed by atoms with Crippen molar-refractivity contribution in [2.24, 2.45) is 13.0 Å². The average molecular weight is 443 g/mol. The number of nitrogens with zero attached hydrogens (tertiary/aromatic N) is 3. The zero-order valence-electron chi connectivity index (χ0n) is 19.4. The van der Waals surface area contributed by atoms with Crippen LogP contribution in [0.1, 0.15) is 51.6 Å². The van der Waals surface area contributed by atoms with Crippen molar-refractivity contribution in [3.05, 3.63) is 54.1 Å². The van der Waals surface area contributed by atoms with Gasteiger partial charge in [-0.25, -0.2) is 9.18 Å². The predicted octanol–water partition coefficient (Wildman–Crippen LogP) is 5.02. The lowest BCUT2D eigenvalue weighted by Crippen LogP contribution is -2.50. The fourth-order valence-corrected chi connectivity index (χ4v) is 4.32. The van der Waals surface area contributed by atoms with Gasteiger partial charge < -0.3 is 19.7 Å². The van der Waals surface area contributed by atoms with E-state index >= 15 is 0 Å². The highest BCUT2D eigenvalue weighted by Gasteiger charge is 2.29. The molecule has 0 unspecified atom stereocenters. The maximum Gasteiger partial charge on any atom is 0.322 e. The first-order chi connectivity index (χ1) is 15.3. The van der Waals surface area contributed by atoms with Crippen LogP contribution in [0, 0.1) is 11.7 Å². The molecule has 1 N–H and O–H groups in total. The predicted molar refractivity (Wildman–Crippen MR) is 125 cm³/mol. The fourth-order valence-electron chi connectivity index (χ4n) is 4.32. The summed E-state index contributed by atoms with van der Waals surface area (Å²) in [6.07, 6.45) is 6.96. The number of hydrogen-bond acceptors (Lipinski definition) is 2. The second kappa shape index (κ2) is 11.2. The number of anilines is 1. The Bertz CT molecular complexity index is 905. The first kappa shape index (κ1) is 23.8. The van der Waals surface area contributed by atoms with Crippen LogP contribution in [0.4, 0.5) is 14.9 Å². The third-order valence-corrected chi connectivity index (χ3v) is 6.00. The Labute approximate surface area is 190 Å². The number of aromatic nitrogens is 1. The third-order valence-electron chi connectivity index (χ3n) is 6.00. The summed E-state index contributed by atoms with van der Waals surface area (Å²) in [5.41, 5.74) is 1.44. The van der Waals surface area contributed by atoms with E-state index in [1.807, 2.05) is 34.8 Å². The van der Waals surface area contributed by atoms with Crippen LogP contribution >= 0.6 is 0 Å². The van der Waals surface area contributed by atoms with Gasteiger partial charge in [0, 0.05) is 37.2 Å². The summed E-state index contributed by atoms with van der Waals surface area (Å²) in [6.45, 7) is 5.31. The van der Waals surface area contributed by atoms with Crippen LogP contribution in [0.5, 0.6) is 0 Å². The molecule has 2 aromatic rings. The molecule has 1 aromatic carbocycles. The van der Waals surface area contributed by atoms with Crippen molar-refractivity contribution in [3.63, 3.8) is 0 Å². The van der Waals surface area contributed by atoms with Gasteiger partial charge in [-0.15, -0.1) is 0 Å². The van der Waals surface area contributed by atoms with Crippen LogP contribution in [-0.2, 0) is 18.4 Å². The zero-order valence-corrected chi connectivity index (χ0v) is 19.4. The van der Waals surface area contributed by atoms with Gasteiger partial charge in [-0.2, -0.15) is 0 Å². The van der Waals surface area contributed by atoms with E-state index < -0.39 is 5.82 Å². The first-order valence-corrected chi connectivity index (χ1v) is 11.5. The van der Waals surface area contributed by atoms with Crippen molar-refractivity contribution in [1.82, 2.24) is 14.4 Å². The van der Waals surface area contributed by atoms with E-state index in [0.717, 1.165) is 37.8 Å². The van der Waals surface area contributed by atoms with Crippen LogP contribution < -0.4 is 5.32 Å². The van der Waals surface area contributed by atoms with Gasteiger partial charge in [-0.3, -0.25) is 4.79 Å². The fraction of sp³-hybridized carbons (Fsp3) is 0.520. The molecule has 32 heavy (non-hydrogen) atoms. The molecule has 0 spiro atoms. The van der Waals surface area contributed by atoms with Gasteiger partial charge in [0.2, 0.25) is 5.91 Å². The van der Waals surface area contributed by atoms with Crippen LogP contribution in [0.25, 0.3) is 0 Å². The van der Waals surface area contributed by atoms with Crippen LogP contribution in [0.3, 0.4) is 0 Å². The molecule has 0 bridgehead atoms. The number of aryl methyl sites for hydroxylation is 1. The van der Waals surface area contributed by atoms with Crippen molar-refractivity contribution in [1.29, 1.82) is 0 Å². The van der Waals surface area contributed by atoms with Gasteiger partial charge in [0.25, 0.3) is 0 Å². The Balaban J connectivity index is 1.77. The molecule has 1 saturated carbocycles. The lowest BCUT2D eigenvalue weighted by atomic mass is 9.94. The smallest absolute Gasteiger partial charge is 0.322 e. The molecule has 0 aliphatic heterocycles. The number of amides is 3. The summed E-state index contributed by atoms with van der Waals surface area (Å²) in [4.78, 5) is 30.1. The van der Waals surface area contributed by atoms with E-state index in [9.17, 15) is 14.0 Å². The number of halogens is 1. The molecule has 0 atom stereocenters. The minimum absolute atomic E-state index is 0.0113. The quantitative estimate of drug-likeness (QED) is 0.624. The number of nitrogens with one attached hydrogen (secondary N) is 1. The van der Waals surface area contributed by atoms with Gasteiger partial charge in [-0.05, 0) is 49.1 Å². The van der Waals surface area contributed by atoms with E-state index in [1.54, 1.807) is 17.0 Å². The molecule has 0 saturated heterocycles. The van der Waals surface area contributed by atoms with Crippen molar-refractivity contribution in [2.75, 3.05) is 18.4 Å². The second-order valence-electron chi connectivity index (χ2n) is 9.14. The lowest BCUT2D eigenvalue weighted by molar-refractivity contribution is -0.133. The minimum atomic E-state index is -0.409. The Morgan fingerprint density at radius 3 is 2.53 bits per heavy atom. The summed E-state index contributed by atoms with van der Waals surface area (Å²) in [5.74, 6) is -0.169. The molecule has 1 aromatic heterocycles. The monoisotopic (exact) mass is 442 g/mol. The molecular weight excluding hydrogens is 407 g/mol. The van der Waals surface area contributed by atoms with E-state index in [-0.39, 0.29) is 24.5 Å². The Hall–Kier alpha value is -2.83. The summed E-state index contributed by atoms with van der Waals surface area (Å²) in [7, 11) is 1.97. The standard InChI is InChI=1S/C25H35FN4O2/c1-19(2)16-29(17-23-13-8-14-28(23)3)24(31)18-30(22-11-5-4-6-12-22)25(32)27-21-10-7-9-20(26)15-21/h7-10,13-15,19,22H,4-6,11-12,16-18H2,1-3H3,(H,27,32). The average Bonchev–Trinajstić information content (AvgIpc) is 3.16. The molecule has 3 rings (SSSR count). The molecule has 6 nitrogen and oxygen atoms in total. The number of carbonyl (C=O) groups is 2. The molecular formula is C25H35FN4O2. The summed E-state index contributed by atoms with van der Waals surface area (Å²) in [6, 6.07) is 9.49. The van der Waals surface area contributed by atoms with Crippen LogP contribution in [-0.4, -0.2) is 45.4 Å². The summed E-state index contributed by atoms with van der Waals surface area (Å²) >= 11 is 0. The number of urea groups is 1. The summed E-state index contributed by atoms with van der Waals surface area (Å²) < 4.78 is 15.6. The largest absolute Gasteiger partial charge is 0.353 e. The number of benzene rings is 1. The van der Waals surface area contributed by atoms with Gasteiger partial charge in [0.05, 0.1) is 6.54 Å². The summed E-state index contributed by atoms with van der Waals surface area (Å²) in [5, 5.41) is 2.79. The van der Waals surface area contributed by atoms with Crippen LogP contribution in [0.15, 0.2) is 42.6 Å². The molecule has 174 valence electrons. The molecule has 3 amide bonds. The normalized spacial score (nSPS) is 14.4. The van der Waals surface area contributed by atoms with Gasteiger partial charge in [0.15, 0.2) is 0 Å². The second-order valence-corrected chi connectivity index (χ2v) is 9.14. The van der Waals surface area contributed by atoms with Crippen LogP contribution in [0.2, 0.25) is 0 Å². The molecule has 0 radical (unpaired) electrons. The minimum Gasteiger partial charge on any atom is -0.353 e. The highest BCUT2D eigenvalue weighted by molar-refractivity contribution is 5.92. The maximum atomic E-state index is 13.6. The Kier molecular flexibility index (Phi) is 8.31. The molecule has 1 fully saturated rings. The van der Waals surface area contributed by atoms with E-state index in [4.69, 9.17) is 0 Å². The van der Waals surface area contributed by atoms with Crippen molar-refractivity contribution < 1.29 is 14.0 Å². The van der Waals surface area contributed by atoms with Gasteiger partial charge in [0.1, 0.15) is 12.4 Å². The number of rotatable bonds is 8. The Morgan fingerprint density at radius 2 is 1.91 bits per heavy atom. The molecule has 7 heteroatoms. The highest BCUT2D eigenvalue weighted by Crippen LogP contribution is 2.24. The maximum absolute atomic E-state index is 13.6. The SMILES string of the molecule is CC(C)CN(Cc1cccn1C)C(=O)CN(C(=O)Nc1cccc(F)c1)C1CCCCC1. The molecule has 1 aliphatic carbocycles. The first-order valence-electron chi connectivity index (χ1n) is 11.5. The van der Waals surface area contributed by atoms with E-state index in [1.165, 1.54) is 12.1 Å². The highest BCUT2D eigenvalue weighted by atomic mass is 19.1. The van der Waals surface area contributed by atoms with Gasteiger partial charge >= 0.3 is 6.03 Å². The van der Waals surface area contributed by atoms with E-state index in [0.29, 0.717) is 24.7 Å².